The van der Waals surface area contributed by atoms with E-state index in [1.165, 1.54) is 0 Å². The minimum atomic E-state index is -0.379. The monoisotopic (exact) mass is 382 g/mol. The van der Waals surface area contributed by atoms with E-state index in [1.54, 1.807) is 38.1 Å². The molecule has 1 saturated heterocycles. The smallest absolute Gasteiger partial charge is 0.227 e. The summed E-state index contributed by atoms with van der Waals surface area (Å²) in [6.45, 7) is 0. The van der Waals surface area contributed by atoms with Crippen molar-refractivity contribution in [1.82, 2.24) is 4.90 Å². The molecule has 2 atom stereocenters. The van der Waals surface area contributed by atoms with Gasteiger partial charge >= 0.3 is 0 Å². The number of hydrogen-bond acceptors (Lipinski definition) is 4. The summed E-state index contributed by atoms with van der Waals surface area (Å²) >= 11 is 0. The summed E-state index contributed by atoms with van der Waals surface area (Å²) in [5, 5.41) is 0. The quantitative estimate of drug-likeness (QED) is 0.796. The highest BCUT2D eigenvalue weighted by molar-refractivity contribution is 5.97. The van der Waals surface area contributed by atoms with Gasteiger partial charge in [-0.1, -0.05) is 12.1 Å². The van der Waals surface area contributed by atoms with Crippen LogP contribution in [-0.4, -0.2) is 45.0 Å². The van der Waals surface area contributed by atoms with E-state index in [-0.39, 0.29) is 23.8 Å². The maximum atomic E-state index is 12.9. The van der Waals surface area contributed by atoms with Crippen LogP contribution in [0.2, 0.25) is 0 Å². The largest absolute Gasteiger partial charge is 0.497 e. The molecule has 0 N–H and O–H groups in total. The van der Waals surface area contributed by atoms with E-state index in [1.807, 2.05) is 48.5 Å². The Kier molecular flexibility index (Phi) is 5.87. The minimum Gasteiger partial charge on any atom is -0.497 e. The van der Waals surface area contributed by atoms with Crippen molar-refractivity contribution in [3.8, 4) is 11.5 Å². The Morgan fingerprint density at radius 1 is 0.964 bits per heavy atom. The SMILES string of the molecule is COc1ccc([C@@H]2[C@@H](C(=O)N(C)C)CCC(=O)N2c2ccc(OC)cc2)cc1. The molecule has 2 amide bonds. The van der Waals surface area contributed by atoms with Gasteiger partial charge in [0, 0.05) is 26.2 Å². The van der Waals surface area contributed by atoms with E-state index < -0.39 is 0 Å². The van der Waals surface area contributed by atoms with E-state index in [0.717, 1.165) is 22.7 Å². The summed E-state index contributed by atoms with van der Waals surface area (Å²) in [5.74, 6) is 1.16. The highest BCUT2D eigenvalue weighted by atomic mass is 16.5. The van der Waals surface area contributed by atoms with Crippen molar-refractivity contribution in [2.24, 2.45) is 5.92 Å². The van der Waals surface area contributed by atoms with Crippen LogP contribution in [0.3, 0.4) is 0 Å². The van der Waals surface area contributed by atoms with Gasteiger partial charge in [-0.15, -0.1) is 0 Å². The number of piperidine rings is 1. The molecule has 0 saturated carbocycles. The van der Waals surface area contributed by atoms with Crippen molar-refractivity contribution in [3.63, 3.8) is 0 Å². The lowest BCUT2D eigenvalue weighted by Gasteiger charge is -2.41. The minimum absolute atomic E-state index is 0.00814. The van der Waals surface area contributed by atoms with Gasteiger partial charge in [-0.3, -0.25) is 9.59 Å². The van der Waals surface area contributed by atoms with Crippen molar-refractivity contribution < 1.29 is 19.1 Å². The predicted molar refractivity (Wildman–Crippen MR) is 108 cm³/mol. The van der Waals surface area contributed by atoms with Gasteiger partial charge in [0.25, 0.3) is 0 Å². The number of rotatable bonds is 5. The highest BCUT2D eigenvalue weighted by Crippen LogP contribution is 2.41. The molecule has 2 aromatic rings. The van der Waals surface area contributed by atoms with Crippen LogP contribution in [0.1, 0.15) is 24.4 Å². The Morgan fingerprint density at radius 3 is 2.00 bits per heavy atom. The van der Waals surface area contributed by atoms with Crippen LogP contribution in [-0.2, 0) is 9.59 Å². The van der Waals surface area contributed by atoms with Crippen molar-refractivity contribution in [3.05, 3.63) is 54.1 Å². The van der Waals surface area contributed by atoms with E-state index in [9.17, 15) is 9.59 Å². The van der Waals surface area contributed by atoms with Gasteiger partial charge in [-0.25, -0.2) is 0 Å². The molecule has 0 spiro atoms. The predicted octanol–water partition coefficient (Wildman–Crippen LogP) is 3.28. The molecule has 6 heteroatoms. The van der Waals surface area contributed by atoms with Crippen LogP contribution in [0.4, 0.5) is 5.69 Å². The molecule has 6 nitrogen and oxygen atoms in total. The van der Waals surface area contributed by atoms with Crippen LogP contribution in [0, 0.1) is 5.92 Å². The first kappa shape index (κ1) is 19.7. The molecule has 2 aromatic carbocycles. The molecule has 3 rings (SSSR count). The van der Waals surface area contributed by atoms with E-state index >= 15 is 0 Å². The second-order valence-electron chi connectivity index (χ2n) is 7.06. The number of hydrogen-bond donors (Lipinski definition) is 0. The summed E-state index contributed by atoms with van der Waals surface area (Å²) in [5.41, 5.74) is 1.66. The molecule has 0 radical (unpaired) electrons. The van der Waals surface area contributed by atoms with Gasteiger partial charge in [0.15, 0.2) is 0 Å². The van der Waals surface area contributed by atoms with Gasteiger partial charge < -0.3 is 19.3 Å². The van der Waals surface area contributed by atoms with Crippen LogP contribution in [0.5, 0.6) is 11.5 Å². The van der Waals surface area contributed by atoms with Gasteiger partial charge in [0.2, 0.25) is 11.8 Å². The van der Waals surface area contributed by atoms with Crippen molar-refractivity contribution in [2.45, 2.75) is 18.9 Å². The van der Waals surface area contributed by atoms with Crippen molar-refractivity contribution in [2.75, 3.05) is 33.2 Å². The molecule has 0 bridgehead atoms. The van der Waals surface area contributed by atoms with Crippen LogP contribution in [0.25, 0.3) is 0 Å². The summed E-state index contributed by atoms with van der Waals surface area (Å²) in [7, 11) is 6.72. The van der Waals surface area contributed by atoms with Gasteiger partial charge in [-0.2, -0.15) is 0 Å². The highest BCUT2D eigenvalue weighted by Gasteiger charge is 2.42. The molecule has 1 fully saturated rings. The fourth-order valence-corrected chi connectivity index (χ4v) is 3.71. The molecule has 0 aliphatic carbocycles. The number of ether oxygens (including phenoxy) is 2. The lowest BCUT2D eigenvalue weighted by Crippen LogP contribution is -2.48. The van der Waals surface area contributed by atoms with Crippen molar-refractivity contribution in [1.29, 1.82) is 0 Å². The lowest BCUT2D eigenvalue weighted by molar-refractivity contribution is -0.136. The second kappa shape index (κ2) is 8.33. The Balaban J connectivity index is 2.08. The third-order valence-corrected chi connectivity index (χ3v) is 5.16. The fraction of sp³-hybridized carbons (Fsp3) is 0.364. The number of benzene rings is 2. The van der Waals surface area contributed by atoms with Crippen LogP contribution in [0.15, 0.2) is 48.5 Å². The zero-order valence-electron chi connectivity index (χ0n) is 16.7. The summed E-state index contributed by atoms with van der Waals surface area (Å²) in [4.78, 5) is 29.2. The Morgan fingerprint density at radius 2 is 1.50 bits per heavy atom. The third kappa shape index (κ3) is 3.81. The number of methoxy groups -OCH3 is 2. The fourth-order valence-electron chi connectivity index (χ4n) is 3.71. The Bertz CT molecular complexity index is 831. The van der Waals surface area contributed by atoms with E-state index in [2.05, 4.69) is 0 Å². The normalized spacial score (nSPS) is 19.3. The third-order valence-electron chi connectivity index (χ3n) is 5.16. The molecule has 148 valence electrons. The van der Waals surface area contributed by atoms with Gasteiger partial charge in [-0.05, 0) is 48.4 Å². The number of anilines is 1. The first-order chi connectivity index (χ1) is 13.5. The molecular formula is C22H26N2O4. The number of amides is 2. The molecule has 1 aliphatic heterocycles. The first-order valence-electron chi connectivity index (χ1n) is 9.27. The molecule has 1 heterocycles. The average Bonchev–Trinajstić information content (AvgIpc) is 2.73. The van der Waals surface area contributed by atoms with E-state index in [0.29, 0.717) is 12.8 Å². The number of carbonyl (C=O) groups is 2. The molecule has 0 aromatic heterocycles. The summed E-state index contributed by atoms with van der Waals surface area (Å²) in [6.07, 6.45) is 0.863. The second-order valence-corrected chi connectivity index (χ2v) is 7.06. The summed E-state index contributed by atoms with van der Waals surface area (Å²) in [6, 6.07) is 14.6. The molecule has 1 aliphatic rings. The van der Waals surface area contributed by atoms with Crippen LogP contribution >= 0.6 is 0 Å². The van der Waals surface area contributed by atoms with Gasteiger partial charge in [0.1, 0.15) is 11.5 Å². The standard InChI is InChI=1S/C22H26N2O4/c1-23(2)22(26)19-13-14-20(25)24(16-7-11-18(28-4)12-8-16)21(19)15-5-9-17(27-3)10-6-15/h5-12,19,21H,13-14H2,1-4H3/t19-,21+/m0/s1. The molecule has 28 heavy (non-hydrogen) atoms. The lowest BCUT2D eigenvalue weighted by atomic mass is 9.83. The maximum absolute atomic E-state index is 12.9. The Hall–Kier alpha value is -3.02. The van der Waals surface area contributed by atoms with Crippen LogP contribution < -0.4 is 14.4 Å². The van der Waals surface area contributed by atoms with Gasteiger partial charge in [0.05, 0.1) is 26.2 Å². The van der Waals surface area contributed by atoms with Crippen molar-refractivity contribution >= 4 is 17.5 Å². The average molecular weight is 382 g/mol. The first-order valence-corrected chi connectivity index (χ1v) is 9.27. The number of carbonyl (C=O) groups excluding carboxylic acids is 2. The topological polar surface area (TPSA) is 59.1 Å². The maximum Gasteiger partial charge on any atom is 0.227 e. The number of nitrogens with zero attached hydrogens (tertiary/aromatic N) is 2. The zero-order chi connectivity index (χ0) is 20.3. The Labute approximate surface area is 165 Å². The molecule has 0 unspecified atom stereocenters. The zero-order valence-corrected chi connectivity index (χ0v) is 16.7. The van der Waals surface area contributed by atoms with E-state index in [4.69, 9.17) is 9.47 Å². The molecular weight excluding hydrogens is 356 g/mol. The summed E-state index contributed by atoms with van der Waals surface area (Å²) < 4.78 is 10.5.